The first kappa shape index (κ1) is 47.4. The molecule has 0 aliphatic heterocycles. The van der Waals surface area contributed by atoms with E-state index in [4.69, 9.17) is 6.57 Å². The lowest BCUT2D eigenvalue weighted by Crippen LogP contribution is -2.03. The molecular formula is C66H40F6N4. The van der Waals surface area contributed by atoms with Crippen molar-refractivity contribution in [1.82, 2.24) is 9.13 Å². The van der Waals surface area contributed by atoms with Gasteiger partial charge in [0.2, 0.25) is 0 Å². The van der Waals surface area contributed by atoms with E-state index in [1.54, 1.807) is 12.1 Å². The Morgan fingerprint density at radius 3 is 1.03 bits per heavy atom. The van der Waals surface area contributed by atoms with Crippen molar-refractivity contribution >= 4 is 49.3 Å². The van der Waals surface area contributed by atoms with Gasteiger partial charge in [-0.05, 0) is 173 Å². The van der Waals surface area contributed by atoms with Crippen molar-refractivity contribution in [2.24, 2.45) is 0 Å². The number of benzene rings is 10. The topological polar surface area (TPSA) is 38.0 Å². The monoisotopic (exact) mass is 1000 g/mol. The van der Waals surface area contributed by atoms with E-state index < -0.39 is 23.5 Å². The summed E-state index contributed by atoms with van der Waals surface area (Å²) in [7, 11) is 0. The van der Waals surface area contributed by atoms with E-state index in [-0.39, 0.29) is 0 Å². The fraction of sp³-hybridized carbons (Fsp3) is 0.0606. The fourth-order valence-electron chi connectivity index (χ4n) is 10.5. The average molecular weight is 1000 g/mol. The number of aromatic nitrogens is 2. The maximum Gasteiger partial charge on any atom is 0.416 e. The molecule has 76 heavy (non-hydrogen) atoms. The largest absolute Gasteiger partial charge is 0.416 e. The van der Waals surface area contributed by atoms with Gasteiger partial charge in [-0.15, -0.1) is 0 Å². The Morgan fingerprint density at radius 1 is 0.382 bits per heavy atom. The minimum absolute atomic E-state index is 0.329. The van der Waals surface area contributed by atoms with Crippen LogP contribution in [0.25, 0.3) is 115 Å². The molecule has 0 unspecified atom stereocenters. The van der Waals surface area contributed by atoms with E-state index >= 15 is 0 Å². The van der Waals surface area contributed by atoms with E-state index in [9.17, 15) is 31.6 Å². The third kappa shape index (κ3) is 8.31. The predicted octanol–water partition coefficient (Wildman–Crippen LogP) is 19.3. The number of alkyl halides is 6. The third-order valence-electron chi connectivity index (χ3n) is 14.4. The summed E-state index contributed by atoms with van der Waals surface area (Å²) < 4.78 is 85.8. The number of hydrogen-bond donors (Lipinski definition) is 0. The van der Waals surface area contributed by atoms with Crippen molar-refractivity contribution in [3.63, 3.8) is 0 Å². The van der Waals surface area contributed by atoms with Crippen molar-refractivity contribution in [2.45, 2.75) is 26.2 Å². The molecule has 12 rings (SSSR count). The van der Waals surface area contributed by atoms with Gasteiger partial charge in [-0.2, -0.15) is 31.6 Å². The molecule has 12 aromatic rings. The van der Waals surface area contributed by atoms with Crippen molar-refractivity contribution in [3.8, 4) is 73.1 Å². The van der Waals surface area contributed by atoms with Gasteiger partial charge in [0.1, 0.15) is 0 Å². The highest BCUT2D eigenvalue weighted by atomic mass is 19.4. The van der Waals surface area contributed by atoms with Gasteiger partial charge in [0.15, 0.2) is 5.69 Å². The third-order valence-corrected chi connectivity index (χ3v) is 14.4. The zero-order valence-corrected chi connectivity index (χ0v) is 40.7. The number of nitriles is 1. The first-order valence-electron chi connectivity index (χ1n) is 24.4. The van der Waals surface area contributed by atoms with Crippen LogP contribution in [0.4, 0.5) is 32.0 Å². The summed E-state index contributed by atoms with van der Waals surface area (Å²) in [6.45, 7) is 12.5. The Hall–Kier alpha value is -9.64. The number of fused-ring (bicyclic) bond motifs is 6. The van der Waals surface area contributed by atoms with Crippen LogP contribution in [0.15, 0.2) is 206 Å². The Morgan fingerprint density at radius 2 is 0.697 bits per heavy atom. The molecule has 0 bridgehead atoms. The van der Waals surface area contributed by atoms with Crippen molar-refractivity contribution in [3.05, 3.63) is 245 Å². The molecule has 366 valence electrons. The molecule has 0 radical (unpaired) electrons. The molecule has 10 aromatic carbocycles. The maximum absolute atomic E-state index is 13.6. The highest BCUT2D eigenvalue weighted by molar-refractivity contribution is 6.13. The maximum atomic E-state index is 13.6. The molecule has 0 spiro atoms. The van der Waals surface area contributed by atoms with Crippen molar-refractivity contribution in [1.29, 1.82) is 5.26 Å². The Labute approximate surface area is 433 Å². The Balaban J connectivity index is 1.03. The van der Waals surface area contributed by atoms with Crippen LogP contribution >= 0.6 is 0 Å². The van der Waals surface area contributed by atoms with Gasteiger partial charge in [0.25, 0.3) is 0 Å². The minimum atomic E-state index is -4.47. The van der Waals surface area contributed by atoms with Crippen LogP contribution in [0.2, 0.25) is 0 Å². The van der Waals surface area contributed by atoms with Crippen LogP contribution in [-0.2, 0) is 12.4 Å². The summed E-state index contributed by atoms with van der Waals surface area (Å²) in [6.07, 6.45) is -8.94. The normalized spacial score (nSPS) is 11.9. The molecule has 0 amide bonds. The second-order valence-electron chi connectivity index (χ2n) is 19.1. The second kappa shape index (κ2) is 18.1. The number of aryl methyl sites for hydroxylation is 2. The molecule has 2 heterocycles. The van der Waals surface area contributed by atoms with Crippen LogP contribution in [-0.4, -0.2) is 9.13 Å². The van der Waals surface area contributed by atoms with Gasteiger partial charge < -0.3 is 9.13 Å². The first-order chi connectivity index (χ1) is 36.6. The lowest BCUT2D eigenvalue weighted by Gasteiger charge is -2.15. The average Bonchev–Trinajstić information content (AvgIpc) is 3.94. The highest BCUT2D eigenvalue weighted by Crippen LogP contribution is 2.44. The van der Waals surface area contributed by atoms with Crippen LogP contribution in [0.3, 0.4) is 0 Å². The number of rotatable bonds is 7. The van der Waals surface area contributed by atoms with Crippen molar-refractivity contribution in [2.75, 3.05) is 0 Å². The minimum Gasteiger partial charge on any atom is -0.309 e. The fourth-order valence-corrected chi connectivity index (χ4v) is 10.5. The highest BCUT2D eigenvalue weighted by Gasteiger charge is 2.31. The smallest absolute Gasteiger partial charge is 0.309 e. The van der Waals surface area contributed by atoms with Crippen LogP contribution < -0.4 is 0 Å². The van der Waals surface area contributed by atoms with Crippen LogP contribution in [0, 0.1) is 31.8 Å². The van der Waals surface area contributed by atoms with E-state index in [2.05, 4.69) is 105 Å². The lowest BCUT2D eigenvalue weighted by atomic mass is 9.97. The molecule has 0 fully saturated rings. The summed E-state index contributed by atoms with van der Waals surface area (Å²) >= 11 is 0. The van der Waals surface area contributed by atoms with Crippen LogP contribution in [0.5, 0.6) is 0 Å². The molecule has 0 atom stereocenters. The molecule has 0 aliphatic carbocycles. The van der Waals surface area contributed by atoms with Gasteiger partial charge >= 0.3 is 12.4 Å². The summed E-state index contributed by atoms with van der Waals surface area (Å²) in [4.78, 5) is 3.97. The number of nitrogens with zero attached hydrogens (tertiary/aromatic N) is 4. The zero-order chi connectivity index (χ0) is 52.6. The molecule has 2 aromatic heterocycles. The predicted molar refractivity (Wildman–Crippen MR) is 293 cm³/mol. The molecule has 0 aliphatic rings. The van der Waals surface area contributed by atoms with Crippen molar-refractivity contribution < 1.29 is 26.3 Å². The Kier molecular flexibility index (Phi) is 11.3. The summed E-state index contributed by atoms with van der Waals surface area (Å²) in [6, 6.07) is 64.6. The van der Waals surface area contributed by atoms with E-state index in [0.29, 0.717) is 33.5 Å². The number of hydrogen-bond acceptors (Lipinski definition) is 1. The molecule has 0 N–H and O–H groups in total. The zero-order valence-electron chi connectivity index (χ0n) is 40.7. The first-order valence-corrected chi connectivity index (χ1v) is 24.4. The molecule has 10 heteroatoms. The van der Waals surface area contributed by atoms with E-state index in [0.717, 1.165) is 124 Å². The van der Waals surface area contributed by atoms with Gasteiger partial charge in [0, 0.05) is 32.9 Å². The molecule has 4 nitrogen and oxygen atoms in total. The van der Waals surface area contributed by atoms with E-state index in [1.165, 1.54) is 24.3 Å². The molecular weight excluding hydrogens is 963 g/mol. The SMILES string of the molecule is [C-]#[N+]c1ccc(-n2c3ccc(-c4ccc(C)cc4)cc3c3cc(-c4ccc(C(F)(F)F)cc4)ccc32)cc1-c1cc(-n2c3ccc(-c4ccc(C)cc4)cc3c3cc(-c4ccc(C(F)(F)F)cc4)ccc32)ccc1C#N. The standard InChI is InChI=1S/C66H40F6N4/c1-39-4-8-41(9-5-39)45-17-28-61-56(32-45)58-34-47(43-12-21-50(22-13-43)65(67,68)69)19-30-62(58)75(61)52-25-16-49(38-73)54(36-52)55-37-53(26-27-60(55)74-3)76-63-29-18-46(42-10-6-40(2)7-11-42)33-57(63)59-35-48(20-31-64(59)76)44-14-23-51(24-15-44)66(70,71)72/h4-37H,1-2H3. The van der Waals surface area contributed by atoms with Gasteiger partial charge in [0.05, 0.1) is 51.4 Å². The number of halogens is 6. The van der Waals surface area contributed by atoms with Gasteiger partial charge in [-0.1, -0.05) is 114 Å². The molecule has 0 saturated carbocycles. The second-order valence-corrected chi connectivity index (χ2v) is 19.1. The van der Waals surface area contributed by atoms with Gasteiger partial charge in [-0.3, -0.25) is 0 Å². The lowest BCUT2D eigenvalue weighted by molar-refractivity contribution is -0.138. The summed E-state index contributed by atoms with van der Waals surface area (Å²) in [5.74, 6) is 0. The quantitative estimate of drug-likeness (QED) is 0.116. The Bertz CT molecular complexity index is 4090. The van der Waals surface area contributed by atoms with Crippen LogP contribution in [0.1, 0.15) is 27.8 Å². The summed E-state index contributed by atoms with van der Waals surface area (Å²) in [5.41, 5.74) is 14.1. The summed E-state index contributed by atoms with van der Waals surface area (Å²) in [5, 5.41) is 14.3. The van der Waals surface area contributed by atoms with E-state index in [1.807, 2.05) is 74.5 Å². The molecule has 0 saturated heterocycles. The van der Waals surface area contributed by atoms with Gasteiger partial charge in [-0.25, -0.2) is 4.85 Å².